The Labute approximate surface area is 106 Å². The van der Waals surface area contributed by atoms with Crippen molar-refractivity contribution in [1.29, 1.82) is 0 Å². The van der Waals surface area contributed by atoms with Gasteiger partial charge in [0.15, 0.2) is 5.78 Å². The molecule has 1 aliphatic rings. The molecule has 0 radical (unpaired) electrons. The average molecular weight is 273 g/mol. The molecule has 102 valence electrons. The van der Waals surface area contributed by atoms with E-state index >= 15 is 0 Å². The van der Waals surface area contributed by atoms with Crippen molar-refractivity contribution in [2.75, 3.05) is 7.11 Å². The molecule has 1 aromatic rings. The lowest BCUT2D eigenvalue weighted by Gasteiger charge is -2.15. The van der Waals surface area contributed by atoms with E-state index in [1.165, 1.54) is 13.2 Å². The summed E-state index contributed by atoms with van der Waals surface area (Å²) in [4.78, 5) is 22.7. The molecule has 0 fully saturated rings. The Hall–Kier alpha value is -2.05. The molecule has 1 aromatic carbocycles. The molecule has 0 saturated heterocycles. The first-order valence-corrected chi connectivity index (χ1v) is 5.42. The quantitative estimate of drug-likeness (QED) is 0.896. The summed E-state index contributed by atoms with van der Waals surface area (Å²) in [7, 11) is 1.37. The number of carbonyl (C=O) groups is 2. The van der Waals surface area contributed by atoms with Crippen LogP contribution in [0.15, 0.2) is 18.2 Å². The van der Waals surface area contributed by atoms with E-state index in [9.17, 15) is 22.8 Å². The third-order valence-corrected chi connectivity index (χ3v) is 2.88. The fourth-order valence-corrected chi connectivity index (χ4v) is 2.07. The van der Waals surface area contributed by atoms with Crippen LogP contribution in [0.5, 0.6) is 5.75 Å². The number of alkyl halides is 3. The van der Waals surface area contributed by atoms with Gasteiger partial charge in [0.2, 0.25) is 0 Å². The van der Waals surface area contributed by atoms with Gasteiger partial charge in [-0.3, -0.25) is 9.59 Å². The minimum absolute atomic E-state index is 0.197. The third kappa shape index (κ3) is 2.40. The molecule has 7 heteroatoms. The standard InChI is InChI=1S/C12H10F3NO3/c1-19-9-4-2-3-6-7(5-8(17)10(6)9)16-11(18)12(13,14)15/h2-4,7H,5H2,1H3,(H,16,18)/t7-/m1/s1. The predicted molar refractivity (Wildman–Crippen MR) is 58.9 cm³/mol. The topological polar surface area (TPSA) is 55.4 Å². The number of nitrogens with one attached hydrogen (secondary N) is 1. The van der Waals surface area contributed by atoms with Gasteiger partial charge in [-0.2, -0.15) is 13.2 Å². The van der Waals surface area contributed by atoms with E-state index in [-0.39, 0.29) is 17.8 Å². The highest BCUT2D eigenvalue weighted by molar-refractivity contribution is 6.04. The second-order valence-electron chi connectivity index (χ2n) is 4.08. The number of rotatable bonds is 2. The molecule has 1 atom stereocenters. The first kappa shape index (κ1) is 13.4. The molecule has 1 aliphatic carbocycles. The maximum Gasteiger partial charge on any atom is 0.471 e. The number of amides is 1. The first-order valence-electron chi connectivity index (χ1n) is 5.42. The zero-order chi connectivity index (χ0) is 14.2. The number of benzene rings is 1. The fourth-order valence-electron chi connectivity index (χ4n) is 2.07. The SMILES string of the molecule is COc1cccc2c1C(=O)C[C@H]2NC(=O)C(F)(F)F. The van der Waals surface area contributed by atoms with Gasteiger partial charge in [0.25, 0.3) is 0 Å². The van der Waals surface area contributed by atoms with Crippen molar-refractivity contribution in [3.05, 3.63) is 29.3 Å². The van der Waals surface area contributed by atoms with Crippen LogP contribution in [0, 0.1) is 0 Å². The Balaban J connectivity index is 2.31. The highest BCUT2D eigenvalue weighted by Gasteiger charge is 2.42. The Morgan fingerprint density at radius 1 is 1.42 bits per heavy atom. The van der Waals surface area contributed by atoms with Crippen molar-refractivity contribution in [3.8, 4) is 5.75 Å². The monoisotopic (exact) mass is 273 g/mol. The van der Waals surface area contributed by atoms with Crippen LogP contribution in [0.1, 0.15) is 28.4 Å². The molecule has 0 aromatic heterocycles. The van der Waals surface area contributed by atoms with Crippen LogP contribution >= 0.6 is 0 Å². The van der Waals surface area contributed by atoms with Crippen LogP contribution < -0.4 is 10.1 Å². The second kappa shape index (κ2) is 4.56. The highest BCUT2D eigenvalue weighted by atomic mass is 19.4. The summed E-state index contributed by atoms with van der Waals surface area (Å²) in [6, 6.07) is 3.64. The molecule has 0 aliphatic heterocycles. The Bertz CT molecular complexity index is 540. The zero-order valence-electron chi connectivity index (χ0n) is 9.88. The van der Waals surface area contributed by atoms with Crippen molar-refractivity contribution in [1.82, 2.24) is 5.32 Å². The Morgan fingerprint density at radius 3 is 2.68 bits per heavy atom. The number of methoxy groups -OCH3 is 1. The predicted octanol–water partition coefficient (Wildman–Crippen LogP) is 2.00. The van der Waals surface area contributed by atoms with Crippen molar-refractivity contribution >= 4 is 11.7 Å². The molecule has 0 spiro atoms. The van der Waals surface area contributed by atoms with Crippen LogP contribution in [0.25, 0.3) is 0 Å². The van der Waals surface area contributed by atoms with Crippen molar-refractivity contribution in [2.45, 2.75) is 18.6 Å². The summed E-state index contributed by atoms with van der Waals surface area (Å²) in [5, 5.41) is 1.82. The largest absolute Gasteiger partial charge is 0.496 e. The van der Waals surface area contributed by atoms with Crippen molar-refractivity contribution < 1.29 is 27.5 Å². The summed E-state index contributed by atoms with van der Waals surface area (Å²) in [6.45, 7) is 0. The number of ether oxygens (including phenoxy) is 1. The van der Waals surface area contributed by atoms with Gasteiger partial charge in [-0.25, -0.2) is 0 Å². The molecule has 0 heterocycles. The Morgan fingerprint density at radius 2 is 2.11 bits per heavy atom. The molecular formula is C12H10F3NO3. The number of fused-ring (bicyclic) bond motifs is 1. The lowest BCUT2D eigenvalue weighted by molar-refractivity contribution is -0.174. The highest BCUT2D eigenvalue weighted by Crippen LogP contribution is 2.37. The minimum atomic E-state index is -4.97. The summed E-state index contributed by atoms with van der Waals surface area (Å²) >= 11 is 0. The van der Waals surface area contributed by atoms with E-state index in [0.717, 1.165) is 0 Å². The minimum Gasteiger partial charge on any atom is -0.496 e. The molecule has 0 saturated carbocycles. The number of Topliss-reactive ketones (excluding diaryl/α,β-unsaturated/α-hetero) is 1. The van der Waals surface area contributed by atoms with Crippen molar-refractivity contribution in [3.63, 3.8) is 0 Å². The van der Waals surface area contributed by atoms with E-state index in [1.54, 1.807) is 12.1 Å². The molecular weight excluding hydrogens is 263 g/mol. The maximum atomic E-state index is 12.2. The summed E-state index contributed by atoms with van der Waals surface area (Å²) < 4.78 is 41.6. The van der Waals surface area contributed by atoms with E-state index in [4.69, 9.17) is 4.74 Å². The maximum absolute atomic E-state index is 12.2. The normalized spacial score (nSPS) is 18.1. The number of carbonyl (C=O) groups excluding carboxylic acids is 2. The van der Waals surface area contributed by atoms with Gasteiger partial charge in [-0.05, 0) is 11.6 Å². The lowest BCUT2D eigenvalue weighted by atomic mass is 10.1. The smallest absolute Gasteiger partial charge is 0.471 e. The molecule has 1 N–H and O–H groups in total. The number of hydrogen-bond donors (Lipinski definition) is 1. The first-order chi connectivity index (χ1) is 8.84. The van der Waals surface area contributed by atoms with E-state index < -0.39 is 18.1 Å². The molecule has 1 amide bonds. The van der Waals surface area contributed by atoms with Gasteiger partial charge < -0.3 is 10.1 Å². The summed E-state index contributed by atoms with van der Waals surface area (Å²) in [5.41, 5.74) is 0.583. The van der Waals surface area contributed by atoms with Crippen LogP contribution in [-0.4, -0.2) is 25.0 Å². The molecule has 4 nitrogen and oxygen atoms in total. The van der Waals surface area contributed by atoms with Gasteiger partial charge in [0, 0.05) is 6.42 Å². The molecule has 19 heavy (non-hydrogen) atoms. The van der Waals surface area contributed by atoms with Gasteiger partial charge in [0.1, 0.15) is 5.75 Å². The second-order valence-corrected chi connectivity index (χ2v) is 4.08. The van der Waals surface area contributed by atoms with Gasteiger partial charge in [0.05, 0.1) is 18.7 Å². The van der Waals surface area contributed by atoms with E-state index in [0.29, 0.717) is 11.3 Å². The van der Waals surface area contributed by atoms with E-state index in [1.807, 2.05) is 5.32 Å². The van der Waals surface area contributed by atoms with Gasteiger partial charge in [-0.15, -0.1) is 0 Å². The number of ketones is 1. The summed E-state index contributed by atoms with van der Waals surface area (Å²) in [5.74, 6) is -2.10. The molecule has 0 unspecified atom stereocenters. The zero-order valence-corrected chi connectivity index (χ0v) is 9.88. The van der Waals surface area contributed by atoms with Gasteiger partial charge in [-0.1, -0.05) is 12.1 Å². The van der Waals surface area contributed by atoms with Crippen LogP contribution in [0.4, 0.5) is 13.2 Å². The third-order valence-electron chi connectivity index (χ3n) is 2.88. The summed E-state index contributed by atoms with van der Waals surface area (Å²) in [6.07, 6.45) is -5.16. The average Bonchev–Trinajstić information content (AvgIpc) is 2.65. The lowest BCUT2D eigenvalue weighted by Crippen LogP contribution is -2.38. The molecule has 2 rings (SSSR count). The van der Waals surface area contributed by atoms with Crippen LogP contribution in [-0.2, 0) is 4.79 Å². The molecule has 0 bridgehead atoms. The van der Waals surface area contributed by atoms with Gasteiger partial charge >= 0.3 is 12.1 Å². The van der Waals surface area contributed by atoms with Crippen molar-refractivity contribution in [2.24, 2.45) is 0 Å². The fraction of sp³-hybridized carbons (Fsp3) is 0.333. The number of hydrogen-bond acceptors (Lipinski definition) is 3. The van der Waals surface area contributed by atoms with E-state index in [2.05, 4.69) is 0 Å². The number of halogens is 3. The Kier molecular flexibility index (Phi) is 3.21. The van der Waals surface area contributed by atoms with Crippen LogP contribution in [0.3, 0.4) is 0 Å². The van der Waals surface area contributed by atoms with Crippen LogP contribution in [0.2, 0.25) is 0 Å².